The fraction of sp³-hybridized carbons (Fsp3) is 0.562. The van der Waals surface area contributed by atoms with Gasteiger partial charge in [-0.3, -0.25) is 9.69 Å². The van der Waals surface area contributed by atoms with Crippen LogP contribution in [0.25, 0.3) is 0 Å². The van der Waals surface area contributed by atoms with Crippen molar-refractivity contribution in [2.45, 2.75) is 6.42 Å². The van der Waals surface area contributed by atoms with E-state index in [0.29, 0.717) is 6.54 Å². The molecule has 2 fully saturated rings. The van der Waals surface area contributed by atoms with E-state index in [-0.39, 0.29) is 5.91 Å². The number of anilines is 1. The predicted octanol–water partition coefficient (Wildman–Crippen LogP) is 0.727. The van der Waals surface area contributed by atoms with Crippen molar-refractivity contribution in [2.24, 2.45) is 11.8 Å². The maximum Gasteiger partial charge on any atom is 0.241 e. The minimum absolute atomic E-state index is 0.267. The molecule has 2 atom stereocenters. The van der Waals surface area contributed by atoms with Crippen molar-refractivity contribution in [1.82, 2.24) is 10.2 Å². The lowest BCUT2D eigenvalue weighted by Crippen LogP contribution is -2.39. The van der Waals surface area contributed by atoms with Gasteiger partial charge >= 0.3 is 0 Å². The van der Waals surface area contributed by atoms with Gasteiger partial charge in [-0.2, -0.15) is 0 Å². The number of amides is 1. The first kappa shape index (κ1) is 12.4. The highest BCUT2D eigenvalue weighted by Crippen LogP contribution is 2.29. The van der Waals surface area contributed by atoms with Crippen LogP contribution in [0.3, 0.4) is 0 Å². The van der Waals surface area contributed by atoms with Crippen molar-refractivity contribution >= 4 is 11.6 Å². The molecule has 0 bridgehead atoms. The lowest BCUT2D eigenvalue weighted by atomic mass is 10.0. The Bertz CT molecular complexity index is 518. The van der Waals surface area contributed by atoms with Gasteiger partial charge in [0.2, 0.25) is 5.91 Å². The summed E-state index contributed by atoms with van der Waals surface area (Å²) in [5.41, 5.74) is 2.43. The summed E-state index contributed by atoms with van der Waals surface area (Å²) in [6, 6.07) is 8.29. The van der Waals surface area contributed by atoms with Crippen LogP contribution in [0, 0.1) is 11.8 Å². The molecule has 1 amide bonds. The van der Waals surface area contributed by atoms with Crippen LogP contribution < -0.4 is 10.2 Å². The van der Waals surface area contributed by atoms with E-state index in [9.17, 15) is 4.79 Å². The summed E-state index contributed by atoms with van der Waals surface area (Å²) in [6.45, 7) is 5.85. The van der Waals surface area contributed by atoms with Gasteiger partial charge < -0.3 is 10.2 Å². The maximum absolute atomic E-state index is 12.6. The van der Waals surface area contributed by atoms with Crippen molar-refractivity contribution < 1.29 is 4.79 Å². The van der Waals surface area contributed by atoms with Gasteiger partial charge in [-0.25, -0.2) is 0 Å². The SMILES string of the molecule is O=C(CN1C[C@H]2CNC[C@H]2C1)N1CCc2ccccc21. The number of fused-ring (bicyclic) bond motifs is 2. The van der Waals surface area contributed by atoms with Gasteiger partial charge in [0.15, 0.2) is 0 Å². The second-order valence-electron chi connectivity index (χ2n) is 6.30. The molecule has 0 radical (unpaired) electrons. The molecule has 1 aromatic rings. The highest BCUT2D eigenvalue weighted by atomic mass is 16.2. The van der Waals surface area contributed by atoms with Crippen molar-refractivity contribution in [2.75, 3.05) is 44.2 Å². The molecule has 20 heavy (non-hydrogen) atoms. The minimum atomic E-state index is 0.267. The lowest BCUT2D eigenvalue weighted by Gasteiger charge is -2.22. The zero-order valence-electron chi connectivity index (χ0n) is 11.7. The average Bonchev–Trinajstić information content (AvgIpc) is 3.10. The number of likely N-dealkylation sites (tertiary alicyclic amines) is 1. The Morgan fingerprint density at radius 2 is 1.95 bits per heavy atom. The molecule has 4 heteroatoms. The molecule has 3 aliphatic heterocycles. The Morgan fingerprint density at radius 3 is 2.75 bits per heavy atom. The van der Waals surface area contributed by atoms with Crippen LogP contribution in [0.4, 0.5) is 5.69 Å². The summed E-state index contributed by atoms with van der Waals surface area (Å²) in [7, 11) is 0. The summed E-state index contributed by atoms with van der Waals surface area (Å²) in [4.78, 5) is 16.9. The molecule has 0 aliphatic carbocycles. The van der Waals surface area contributed by atoms with Crippen LogP contribution >= 0.6 is 0 Å². The number of hydrogen-bond donors (Lipinski definition) is 1. The monoisotopic (exact) mass is 271 g/mol. The fourth-order valence-electron chi connectivity index (χ4n) is 3.96. The van der Waals surface area contributed by atoms with Crippen molar-refractivity contribution in [1.29, 1.82) is 0 Å². The fourth-order valence-corrected chi connectivity index (χ4v) is 3.96. The summed E-state index contributed by atoms with van der Waals surface area (Å²) in [5.74, 6) is 1.78. The molecule has 106 valence electrons. The second kappa shape index (κ2) is 4.86. The Morgan fingerprint density at radius 1 is 1.20 bits per heavy atom. The highest BCUT2D eigenvalue weighted by molar-refractivity contribution is 5.96. The largest absolute Gasteiger partial charge is 0.316 e. The van der Waals surface area contributed by atoms with Crippen molar-refractivity contribution in [3.8, 4) is 0 Å². The van der Waals surface area contributed by atoms with Crippen molar-refractivity contribution in [3.05, 3.63) is 29.8 Å². The van der Waals surface area contributed by atoms with Crippen LogP contribution in [-0.2, 0) is 11.2 Å². The van der Waals surface area contributed by atoms with Crippen LogP contribution in [-0.4, -0.2) is 50.1 Å². The first-order valence-electron chi connectivity index (χ1n) is 7.62. The van der Waals surface area contributed by atoms with E-state index in [1.165, 1.54) is 5.56 Å². The maximum atomic E-state index is 12.6. The molecule has 1 N–H and O–H groups in total. The van der Waals surface area contributed by atoms with Crippen molar-refractivity contribution in [3.63, 3.8) is 0 Å². The number of benzene rings is 1. The Labute approximate surface area is 119 Å². The number of rotatable bonds is 2. The number of nitrogens with zero attached hydrogens (tertiary/aromatic N) is 2. The van der Waals surface area contributed by atoms with Gasteiger partial charge in [0.25, 0.3) is 0 Å². The molecule has 0 spiro atoms. The van der Waals surface area contributed by atoms with E-state index in [4.69, 9.17) is 0 Å². The molecule has 0 aromatic heterocycles. The number of para-hydroxylation sites is 1. The Balaban J connectivity index is 1.42. The third-order valence-electron chi connectivity index (χ3n) is 5.01. The van der Waals surface area contributed by atoms with Gasteiger partial charge in [0, 0.05) is 25.3 Å². The Kier molecular flexibility index (Phi) is 3.00. The first-order chi connectivity index (χ1) is 9.81. The highest BCUT2D eigenvalue weighted by Gasteiger charge is 2.37. The van der Waals surface area contributed by atoms with Gasteiger partial charge in [-0.15, -0.1) is 0 Å². The third-order valence-corrected chi connectivity index (χ3v) is 5.01. The van der Waals surface area contributed by atoms with Crippen LogP contribution in [0.5, 0.6) is 0 Å². The van der Waals surface area contributed by atoms with E-state index in [1.54, 1.807) is 0 Å². The van der Waals surface area contributed by atoms with E-state index >= 15 is 0 Å². The number of carbonyl (C=O) groups excluding carboxylic acids is 1. The predicted molar refractivity (Wildman–Crippen MR) is 78.8 cm³/mol. The molecule has 3 heterocycles. The normalized spacial score (nSPS) is 28.7. The summed E-state index contributed by atoms with van der Waals surface area (Å²) in [5, 5.41) is 3.44. The van der Waals surface area contributed by atoms with Gasteiger partial charge in [-0.1, -0.05) is 18.2 Å². The van der Waals surface area contributed by atoms with Gasteiger partial charge in [0.05, 0.1) is 6.54 Å². The second-order valence-corrected chi connectivity index (χ2v) is 6.30. The van der Waals surface area contributed by atoms with Crippen LogP contribution in [0.1, 0.15) is 5.56 Å². The number of carbonyl (C=O) groups is 1. The zero-order chi connectivity index (χ0) is 13.5. The first-order valence-corrected chi connectivity index (χ1v) is 7.62. The molecular formula is C16H21N3O. The quantitative estimate of drug-likeness (QED) is 0.861. The average molecular weight is 271 g/mol. The standard InChI is InChI=1S/C16H21N3O/c20-16(11-18-9-13-7-17-8-14(13)10-18)19-6-5-12-3-1-2-4-15(12)19/h1-4,13-14,17H,5-11H2/t13-,14+. The molecule has 4 nitrogen and oxygen atoms in total. The summed E-state index contributed by atoms with van der Waals surface area (Å²) >= 11 is 0. The van der Waals surface area contributed by atoms with Crippen LogP contribution in [0.15, 0.2) is 24.3 Å². The van der Waals surface area contributed by atoms with E-state index in [2.05, 4.69) is 28.4 Å². The zero-order valence-corrected chi connectivity index (χ0v) is 11.7. The number of nitrogens with one attached hydrogen (secondary N) is 1. The van der Waals surface area contributed by atoms with Gasteiger partial charge in [-0.05, 0) is 43.0 Å². The molecular weight excluding hydrogens is 250 g/mol. The van der Waals surface area contributed by atoms with Crippen LogP contribution in [0.2, 0.25) is 0 Å². The summed E-state index contributed by atoms with van der Waals surface area (Å²) < 4.78 is 0. The molecule has 3 aliphatic rings. The molecule has 4 rings (SSSR count). The smallest absolute Gasteiger partial charge is 0.241 e. The van der Waals surface area contributed by atoms with E-state index < -0.39 is 0 Å². The van der Waals surface area contributed by atoms with Gasteiger partial charge in [0.1, 0.15) is 0 Å². The Hall–Kier alpha value is -1.39. The minimum Gasteiger partial charge on any atom is -0.316 e. The third kappa shape index (κ3) is 2.03. The van der Waals surface area contributed by atoms with E-state index in [0.717, 1.165) is 56.7 Å². The molecule has 2 saturated heterocycles. The molecule has 0 saturated carbocycles. The lowest BCUT2D eigenvalue weighted by molar-refractivity contribution is -0.119. The van der Waals surface area contributed by atoms with E-state index in [1.807, 2.05) is 11.0 Å². The molecule has 1 aromatic carbocycles. The summed E-state index contributed by atoms with van der Waals surface area (Å²) in [6.07, 6.45) is 0.997. The topological polar surface area (TPSA) is 35.6 Å². The molecule has 0 unspecified atom stereocenters. The number of hydrogen-bond acceptors (Lipinski definition) is 3.